The Labute approximate surface area is 176 Å². The monoisotopic (exact) mass is 438 g/mol. The number of nitrogens with one attached hydrogen (secondary N) is 1. The summed E-state index contributed by atoms with van der Waals surface area (Å²) in [7, 11) is 0. The molecule has 2 N–H and O–H groups in total. The second kappa shape index (κ2) is 9.47. The number of hydrogen-bond donors (Lipinski definition) is 2. The van der Waals surface area contributed by atoms with Gasteiger partial charge in [-0.25, -0.2) is 4.39 Å². The molecule has 1 unspecified atom stereocenters. The van der Waals surface area contributed by atoms with Crippen LogP contribution in [0, 0.1) is 11.7 Å². The predicted molar refractivity (Wildman–Crippen MR) is 104 cm³/mol. The zero-order valence-corrected chi connectivity index (χ0v) is 16.5. The first-order valence-electron chi connectivity index (χ1n) is 9.83. The number of rotatable bonds is 5. The van der Waals surface area contributed by atoms with Crippen molar-refractivity contribution in [3.05, 3.63) is 71.0 Å². The smallest absolute Gasteiger partial charge is 0.387 e. The molecule has 5 nitrogen and oxygen atoms in total. The Bertz CT molecular complexity index is 906. The van der Waals surface area contributed by atoms with Crippen molar-refractivity contribution in [1.29, 1.82) is 0 Å². The Hall–Kier alpha value is -2.94. The molecule has 0 aliphatic carbocycles. The van der Waals surface area contributed by atoms with Crippen LogP contribution in [0.15, 0.2) is 48.5 Å². The van der Waals surface area contributed by atoms with Gasteiger partial charge in [0.2, 0.25) is 5.91 Å². The van der Waals surface area contributed by atoms with E-state index in [4.69, 9.17) is 0 Å². The van der Waals surface area contributed by atoms with Gasteiger partial charge in [0.1, 0.15) is 5.82 Å². The molecule has 0 radical (unpaired) electrons. The SMILES string of the molecule is O=C(NCC(O)c1ccc(F)cc1)C1CCN(C(=O)c2ccc(C(F)(F)F)cc2)CC1. The molecule has 1 aliphatic rings. The van der Waals surface area contributed by atoms with Crippen molar-refractivity contribution in [1.82, 2.24) is 10.2 Å². The number of hydrogen-bond acceptors (Lipinski definition) is 3. The highest BCUT2D eigenvalue weighted by molar-refractivity contribution is 5.94. The quantitative estimate of drug-likeness (QED) is 0.702. The molecule has 1 aliphatic heterocycles. The van der Waals surface area contributed by atoms with Gasteiger partial charge in [-0.15, -0.1) is 0 Å². The van der Waals surface area contributed by atoms with E-state index in [1.807, 2.05) is 0 Å². The number of likely N-dealkylation sites (tertiary alicyclic amines) is 1. The number of aliphatic hydroxyl groups is 1. The van der Waals surface area contributed by atoms with Crippen LogP contribution in [0.3, 0.4) is 0 Å². The van der Waals surface area contributed by atoms with E-state index in [1.54, 1.807) is 0 Å². The third-order valence-electron chi connectivity index (χ3n) is 5.34. The number of carbonyl (C=O) groups is 2. The van der Waals surface area contributed by atoms with E-state index < -0.39 is 23.7 Å². The second-order valence-electron chi connectivity index (χ2n) is 7.45. The largest absolute Gasteiger partial charge is 0.416 e. The van der Waals surface area contributed by atoms with Gasteiger partial charge in [0.25, 0.3) is 5.91 Å². The summed E-state index contributed by atoms with van der Waals surface area (Å²) < 4.78 is 50.9. The van der Waals surface area contributed by atoms with Crippen LogP contribution in [-0.4, -0.2) is 41.5 Å². The molecule has 2 aromatic rings. The number of aliphatic hydroxyl groups excluding tert-OH is 1. The van der Waals surface area contributed by atoms with Crippen molar-refractivity contribution in [2.45, 2.75) is 25.1 Å². The third-order valence-corrected chi connectivity index (χ3v) is 5.34. The van der Waals surface area contributed by atoms with Crippen molar-refractivity contribution < 1.29 is 32.3 Å². The number of piperidine rings is 1. The van der Waals surface area contributed by atoms with E-state index >= 15 is 0 Å². The molecule has 0 bridgehead atoms. The molecule has 2 amide bonds. The number of alkyl halides is 3. The van der Waals surface area contributed by atoms with E-state index in [9.17, 15) is 32.3 Å². The van der Waals surface area contributed by atoms with E-state index in [2.05, 4.69) is 5.32 Å². The molecule has 3 rings (SSSR count). The number of amides is 2. The van der Waals surface area contributed by atoms with E-state index in [0.29, 0.717) is 31.5 Å². The lowest BCUT2D eigenvalue weighted by molar-refractivity contribution is -0.137. The summed E-state index contributed by atoms with van der Waals surface area (Å²) in [5.74, 6) is -1.38. The lowest BCUT2D eigenvalue weighted by atomic mass is 9.95. The number of carbonyl (C=O) groups excluding carboxylic acids is 2. The Morgan fingerprint density at radius 1 is 1.03 bits per heavy atom. The zero-order chi connectivity index (χ0) is 22.6. The summed E-state index contributed by atoms with van der Waals surface area (Å²) in [6, 6.07) is 9.39. The van der Waals surface area contributed by atoms with Crippen LogP contribution < -0.4 is 5.32 Å². The van der Waals surface area contributed by atoms with Crippen molar-refractivity contribution in [2.24, 2.45) is 5.92 Å². The first-order chi connectivity index (χ1) is 14.6. The van der Waals surface area contributed by atoms with Crippen molar-refractivity contribution in [3.8, 4) is 0 Å². The van der Waals surface area contributed by atoms with E-state index in [-0.39, 0.29) is 29.8 Å². The maximum atomic E-state index is 12.9. The fourth-order valence-electron chi connectivity index (χ4n) is 3.47. The average molecular weight is 438 g/mol. The normalized spacial score (nSPS) is 16.1. The lowest BCUT2D eigenvalue weighted by Gasteiger charge is -2.31. The topological polar surface area (TPSA) is 69.6 Å². The molecule has 1 heterocycles. The Balaban J connectivity index is 1.47. The highest BCUT2D eigenvalue weighted by atomic mass is 19.4. The van der Waals surface area contributed by atoms with Gasteiger partial charge in [-0.3, -0.25) is 9.59 Å². The molecule has 0 saturated carbocycles. The van der Waals surface area contributed by atoms with E-state index in [1.165, 1.54) is 29.2 Å². The van der Waals surface area contributed by atoms with Gasteiger partial charge in [-0.2, -0.15) is 13.2 Å². The summed E-state index contributed by atoms with van der Waals surface area (Å²) in [6.45, 7) is 0.589. The van der Waals surface area contributed by atoms with E-state index in [0.717, 1.165) is 24.3 Å². The molecular formula is C22H22F4N2O3. The van der Waals surface area contributed by atoms with Crippen LogP contribution in [0.25, 0.3) is 0 Å². The van der Waals surface area contributed by atoms with Crippen LogP contribution in [0.1, 0.15) is 40.4 Å². The minimum absolute atomic E-state index is 0.0187. The first kappa shape index (κ1) is 22.7. The first-order valence-corrected chi connectivity index (χ1v) is 9.83. The predicted octanol–water partition coefficient (Wildman–Crippen LogP) is 3.55. The molecule has 1 saturated heterocycles. The van der Waals surface area contributed by atoms with Crippen LogP contribution in [0.2, 0.25) is 0 Å². The van der Waals surface area contributed by atoms with Gasteiger partial charge in [0.05, 0.1) is 11.7 Å². The Morgan fingerprint density at radius 2 is 1.61 bits per heavy atom. The summed E-state index contributed by atoms with van der Waals surface area (Å²) in [4.78, 5) is 26.4. The van der Waals surface area contributed by atoms with Crippen LogP contribution in [0.4, 0.5) is 17.6 Å². The number of benzene rings is 2. The number of halogens is 4. The maximum Gasteiger partial charge on any atom is 0.416 e. The summed E-state index contributed by atoms with van der Waals surface area (Å²) in [5.41, 5.74) is -0.167. The van der Waals surface area contributed by atoms with Crippen molar-refractivity contribution >= 4 is 11.8 Å². The summed E-state index contributed by atoms with van der Waals surface area (Å²) in [5, 5.41) is 12.8. The van der Waals surface area contributed by atoms with Gasteiger partial charge in [0, 0.05) is 31.1 Å². The summed E-state index contributed by atoms with van der Waals surface area (Å²) >= 11 is 0. The lowest BCUT2D eigenvalue weighted by Crippen LogP contribution is -2.43. The highest BCUT2D eigenvalue weighted by Gasteiger charge is 2.31. The average Bonchev–Trinajstić information content (AvgIpc) is 2.77. The molecule has 1 atom stereocenters. The molecule has 31 heavy (non-hydrogen) atoms. The number of nitrogens with zero attached hydrogens (tertiary/aromatic N) is 1. The van der Waals surface area contributed by atoms with Crippen LogP contribution in [0.5, 0.6) is 0 Å². The third kappa shape index (κ3) is 5.81. The standard InChI is InChI=1S/C22H22F4N2O3/c23-18-7-3-14(4-8-18)19(29)13-27-20(30)15-9-11-28(12-10-15)21(31)16-1-5-17(6-2-16)22(24,25)26/h1-8,15,19,29H,9-13H2,(H,27,30). The van der Waals surface area contributed by atoms with Crippen LogP contribution >= 0.6 is 0 Å². The molecule has 1 fully saturated rings. The molecule has 0 aromatic heterocycles. The van der Waals surface area contributed by atoms with Crippen molar-refractivity contribution in [2.75, 3.05) is 19.6 Å². The van der Waals surface area contributed by atoms with Gasteiger partial charge >= 0.3 is 6.18 Å². The fraction of sp³-hybridized carbons (Fsp3) is 0.364. The van der Waals surface area contributed by atoms with Crippen molar-refractivity contribution in [3.63, 3.8) is 0 Å². The van der Waals surface area contributed by atoms with Crippen LogP contribution in [-0.2, 0) is 11.0 Å². The Morgan fingerprint density at radius 3 is 2.16 bits per heavy atom. The van der Waals surface area contributed by atoms with Gasteiger partial charge < -0.3 is 15.3 Å². The minimum atomic E-state index is -4.46. The molecule has 9 heteroatoms. The molecular weight excluding hydrogens is 416 g/mol. The van der Waals surface area contributed by atoms with Gasteiger partial charge in [-0.1, -0.05) is 12.1 Å². The fourth-order valence-corrected chi connectivity index (χ4v) is 3.47. The second-order valence-corrected chi connectivity index (χ2v) is 7.45. The summed E-state index contributed by atoms with van der Waals surface area (Å²) in [6.07, 6.45) is -4.61. The highest BCUT2D eigenvalue weighted by Crippen LogP contribution is 2.29. The zero-order valence-electron chi connectivity index (χ0n) is 16.5. The minimum Gasteiger partial charge on any atom is -0.387 e. The maximum absolute atomic E-state index is 12.9. The van der Waals surface area contributed by atoms with Gasteiger partial charge in [-0.05, 0) is 54.8 Å². The molecule has 166 valence electrons. The Kier molecular flexibility index (Phi) is 6.94. The molecule has 2 aromatic carbocycles. The van der Waals surface area contributed by atoms with Gasteiger partial charge in [0.15, 0.2) is 0 Å². The molecule has 0 spiro atoms.